The summed E-state index contributed by atoms with van der Waals surface area (Å²) < 4.78 is 0. The Balaban J connectivity index is 0. The first kappa shape index (κ1) is 19.1. The molecule has 0 aromatic rings. The Kier molecular flexibility index (Phi) is 12.2. The first-order chi connectivity index (χ1) is 7.47. The van der Waals surface area contributed by atoms with Crippen molar-refractivity contribution in [1.29, 1.82) is 0 Å². The normalized spacial score (nSPS) is 14.0. The largest absolute Gasteiger partial charge is 0.353 e. The maximum atomic E-state index is 11.7. The summed E-state index contributed by atoms with van der Waals surface area (Å²) >= 11 is 0. The molecule has 0 rings (SSSR count). The predicted octanol–water partition coefficient (Wildman–Crippen LogP) is 2.59. The van der Waals surface area contributed by atoms with E-state index in [1.807, 2.05) is 14.0 Å². The lowest BCUT2D eigenvalue weighted by Crippen LogP contribution is -2.39. The number of carbonyl (C=O) groups excluding carboxylic acids is 1. The lowest BCUT2D eigenvalue weighted by Gasteiger charge is -2.17. The second kappa shape index (κ2) is 10.8. The fraction of sp³-hybridized carbons (Fsp3) is 0.923. The molecule has 0 saturated carbocycles. The number of hydrogen-bond donors (Lipinski definition) is 2. The van der Waals surface area contributed by atoms with Crippen LogP contribution in [0.5, 0.6) is 0 Å². The smallest absolute Gasteiger partial charge is 0.224 e. The molecule has 0 aliphatic carbocycles. The van der Waals surface area contributed by atoms with E-state index in [1.54, 1.807) is 0 Å². The van der Waals surface area contributed by atoms with Crippen LogP contribution >= 0.6 is 12.4 Å². The fourth-order valence-corrected chi connectivity index (χ4v) is 1.69. The molecule has 17 heavy (non-hydrogen) atoms. The minimum absolute atomic E-state index is 0. The number of rotatable bonds is 8. The molecular weight excluding hydrogens is 236 g/mol. The molecule has 0 heterocycles. The van der Waals surface area contributed by atoms with Crippen LogP contribution in [0.4, 0.5) is 0 Å². The Bertz CT molecular complexity index is 198. The van der Waals surface area contributed by atoms with E-state index in [-0.39, 0.29) is 24.2 Å². The average Bonchev–Trinajstić information content (AvgIpc) is 2.17. The average molecular weight is 265 g/mol. The van der Waals surface area contributed by atoms with Crippen LogP contribution in [0.15, 0.2) is 0 Å². The van der Waals surface area contributed by atoms with Gasteiger partial charge in [-0.2, -0.15) is 0 Å². The highest BCUT2D eigenvalue weighted by Crippen LogP contribution is 2.08. The van der Waals surface area contributed by atoms with Gasteiger partial charge in [0.15, 0.2) is 0 Å². The van der Waals surface area contributed by atoms with E-state index in [0.717, 1.165) is 18.9 Å². The number of amides is 1. The molecule has 0 aromatic heterocycles. The molecule has 0 aliphatic rings. The predicted molar refractivity (Wildman–Crippen MR) is 76.6 cm³/mol. The summed E-state index contributed by atoms with van der Waals surface area (Å²) in [5.41, 5.74) is 0. The summed E-state index contributed by atoms with van der Waals surface area (Å²) in [5, 5.41) is 6.08. The van der Waals surface area contributed by atoms with Crippen LogP contribution in [0, 0.1) is 11.8 Å². The molecular formula is C13H29ClN2O. The zero-order valence-corrected chi connectivity index (χ0v) is 12.7. The van der Waals surface area contributed by atoms with Gasteiger partial charge in [-0.05, 0) is 26.3 Å². The van der Waals surface area contributed by atoms with Crippen LogP contribution in [0.25, 0.3) is 0 Å². The molecule has 2 atom stereocenters. The van der Waals surface area contributed by atoms with Crippen LogP contribution in [0.1, 0.15) is 47.0 Å². The molecule has 0 aromatic carbocycles. The van der Waals surface area contributed by atoms with Gasteiger partial charge in [-0.15, -0.1) is 12.4 Å². The second-order valence-electron chi connectivity index (χ2n) is 5.19. The van der Waals surface area contributed by atoms with Gasteiger partial charge in [0.2, 0.25) is 5.91 Å². The quantitative estimate of drug-likeness (QED) is 0.708. The van der Waals surface area contributed by atoms with Gasteiger partial charge < -0.3 is 10.6 Å². The summed E-state index contributed by atoms with van der Waals surface area (Å²) in [6.07, 6.45) is 3.52. The summed E-state index contributed by atoms with van der Waals surface area (Å²) in [6, 6.07) is 0.297. The molecule has 2 unspecified atom stereocenters. The van der Waals surface area contributed by atoms with E-state index >= 15 is 0 Å². The number of halogens is 1. The van der Waals surface area contributed by atoms with Gasteiger partial charge in [0.05, 0.1) is 0 Å². The molecule has 4 heteroatoms. The van der Waals surface area contributed by atoms with E-state index < -0.39 is 0 Å². The second-order valence-corrected chi connectivity index (χ2v) is 5.19. The van der Waals surface area contributed by atoms with Crippen molar-refractivity contribution < 1.29 is 4.79 Å². The monoisotopic (exact) mass is 264 g/mol. The highest BCUT2D eigenvalue weighted by molar-refractivity contribution is 5.85. The molecule has 0 bridgehead atoms. The molecule has 0 radical (unpaired) electrons. The molecule has 3 nitrogen and oxygen atoms in total. The Morgan fingerprint density at radius 1 is 1.12 bits per heavy atom. The van der Waals surface area contributed by atoms with Crippen molar-refractivity contribution in [3.05, 3.63) is 0 Å². The van der Waals surface area contributed by atoms with Crippen molar-refractivity contribution in [2.45, 2.75) is 53.0 Å². The summed E-state index contributed by atoms with van der Waals surface area (Å²) in [4.78, 5) is 11.7. The first-order valence-electron chi connectivity index (χ1n) is 6.42. The van der Waals surface area contributed by atoms with Crippen LogP contribution in [0.3, 0.4) is 0 Å². The van der Waals surface area contributed by atoms with Crippen LogP contribution < -0.4 is 10.6 Å². The Labute approximate surface area is 113 Å². The summed E-state index contributed by atoms with van der Waals surface area (Å²) in [5.74, 6) is 0.968. The van der Waals surface area contributed by atoms with Gasteiger partial charge in [0.1, 0.15) is 0 Å². The highest BCUT2D eigenvalue weighted by atomic mass is 35.5. The van der Waals surface area contributed by atoms with Gasteiger partial charge in [-0.25, -0.2) is 0 Å². The minimum Gasteiger partial charge on any atom is -0.353 e. The Morgan fingerprint density at radius 3 is 2.18 bits per heavy atom. The van der Waals surface area contributed by atoms with E-state index in [2.05, 4.69) is 31.4 Å². The van der Waals surface area contributed by atoms with Gasteiger partial charge in [-0.3, -0.25) is 4.79 Å². The lowest BCUT2D eigenvalue weighted by atomic mass is 10.0. The van der Waals surface area contributed by atoms with E-state index in [1.165, 1.54) is 12.8 Å². The van der Waals surface area contributed by atoms with Crippen molar-refractivity contribution in [3.8, 4) is 0 Å². The topological polar surface area (TPSA) is 41.1 Å². The Hall–Kier alpha value is -0.280. The SMILES string of the molecule is CNCC(C)C(=O)NC(C)CCCC(C)C.Cl. The molecule has 1 amide bonds. The van der Waals surface area contributed by atoms with E-state index in [0.29, 0.717) is 6.04 Å². The number of nitrogens with one attached hydrogen (secondary N) is 2. The molecule has 2 N–H and O–H groups in total. The number of hydrogen-bond acceptors (Lipinski definition) is 2. The first-order valence-corrected chi connectivity index (χ1v) is 6.42. The van der Waals surface area contributed by atoms with Crippen LogP contribution in [-0.4, -0.2) is 25.5 Å². The maximum absolute atomic E-state index is 11.7. The fourth-order valence-electron chi connectivity index (χ4n) is 1.69. The molecule has 0 fully saturated rings. The zero-order chi connectivity index (χ0) is 12.6. The minimum atomic E-state index is 0. The van der Waals surface area contributed by atoms with Gasteiger partial charge in [0.25, 0.3) is 0 Å². The molecule has 0 saturated heterocycles. The Morgan fingerprint density at radius 2 is 1.71 bits per heavy atom. The zero-order valence-electron chi connectivity index (χ0n) is 11.9. The third-order valence-corrected chi connectivity index (χ3v) is 2.77. The van der Waals surface area contributed by atoms with Gasteiger partial charge in [-0.1, -0.05) is 33.6 Å². The van der Waals surface area contributed by atoms with Crippen molar-refractivity contribution in [1.82, 2.24) is 10.6 Å². The van der Waals surface area contributed by atoms with Gasteiger partial charge in [0, 0.05) is 18.5 Å². The molecule has 0 aliphatic heterocycles. The standard InChI is InChI=1S/C13H28N2O.ClH/c1-10(2)7-6-8-12(4)15-13(16)11(3)9-14-5;/h10-12,14H,6-9H2,1-5H3,(H,15,16);1H. The van der Waals surface area contributed by atoms with Crippen molar-refractivity contribution in [3.63, 3.8) is 0 Å². The lowest BCUT2D eigenvalue weighted by molar-refractivity contribution is -0.125. The van der Waals surface area contributed by atoms with Crippen LogP contribution in [-0.2, 0) is 4.79 Å². The van der Waals surface area contributed by atoms with Crippen molar-refractivity contribution in [2.75, 3.05) is 13.6 Å². The van der Waals surface area contributed by atoms with E-state index in [9.17, 15) is 4.79 Å². The third kappa shape index (κ3) is 10.6. The highest BCUT2D eigenvalue weighted by Gasteiger charge is 2.13. The summed E-state index contributed by atoms with van der Waals surface area (Å²) in [7, 11) is 1.87. The van der Waals surface area contributed by atoms with Crippen molar-refractivity contribution >= 4 is 18.3 Å². The molecule has 104 valence electrons. The maximum Gasteiger partial charge on any atom is 0.224 e. The van der Waals surface area contributed by atoms with Crippen molar-refractivity contribution in [2.24, 2.45) is 11.8 Å². The summed E-state index contributed by atoms with van der Waals surface area (Å²) in [6.45, 7) is 9.25. The van der Waals surface area contributed by atoms with E-state index in [4.69, 9.17) is 0 Å². The number of carbonyl (C=O) groups is 1. The van der Waals surface area contributed by atoms with Gasteiger partial charge >= 0.3 is 0 Å². The third-order valence-electron chi connectivity index (χ3n) is 2.77. The van der Waals surface area contributed by atoms with Crippen LogP contribution in [0.2, 0.25) is 0 Å². The molecule has 0 spiro atoms.